The maximum absolute atomic E-state index is 6.04. The van der Waals surface area contributed by atoms with Crippen LogP contribution in [-0.2, 0) is 0 Å². The van der Waals surface area contributed by atoms with Gasteiger partial charge in [-0.1, -0.05) is 32.6 Å². The van der Waals surface area contributed by atoms with Gasteiger partial charge in [-0.2, -0.15) is 0 Å². The second kappa shape index (κ2) is 5.85. The molecule has 72 valence electrons. The molecule has 1 heteroatoms. The second-order valence-electron chi connectivity index (χ2n) is 4.11. The van der Waals surface area contributed by atoms with Crippen molar-refractivity contribution in [2.24, 2.45) is 5.92 Å². The van der Waals surface area contributed by atoms with Crippen LogP contribution in [0, 0.1) is 5.92 Å². The Balaban J connectivity index is 2.01. The zero-order valence-electron chi connectivity index (χ0n) is 8.19. The maximum Gasteiger partial charge on any atom is 0.0336 e. The molecule has 0 aromatic carbocycles. The fourth-order valence-electron chi connectivity index (χ4n) is 2.09. The van der Waals surface area contributed by atoms with E-state index in [0.717, 1.165) is 5.92 Å². The summed E-state index contributed by atoms with van der Waals surface area (Å²) in [6.45, 7) is 2.27. The third-order valence-electron chi connectivity index (χ3n) is 2.99. The number of hydrogen-bond acceptors (Lipinski definition) is 0. The molecule has 0 heterocycles. The standard InChI is InChI=1S/C11H21Cl/c1-2-3-4-5-10-6-8-11(12)9-7-10/h10-11H,2-9H2,1H3. The summed E-state index contributed by atoms with van der Waals surface area (Å²) in [5.41, 5.74) is 0. The van der Waals surface area contributed by atoms with Crippen molar-refractivity contribution >= 4 is 11.6 Å². The summed E-state index contributed by atoms with van der Waals surface area (Å²) in [6.07, 6.45) is 11.0. The van der Waals surface area contributed by atoms with Crippen LogP contribution in [0.15, 0.2) is 0 Å². The van der Waals surface area contributed by atoms with Gasteiger partial charge in [-0.05, 0) is 31.6 Å². The molecule has 0 spiro atoms. The van der Waals surface area contributed by atoms with Gasteiger partial charge in [0.2, 0.25) is 0 Å². The molecule has 1 aliphatic carbocycles. The van der Waals surface area contributed by atoms with Gasteiger partial charge < -0.3 is 0 Å². The third-order valence-corrected chi connectivity index (χ3v) is 3.43. The van der Waals surface area contributed by atoms with Crippen LogP contribution in [0.5, 0.6) is 0 Å². The molecule has 1 rings (SSSR count). The largest absolute Gasteiger partial charge is 0.123 e. The minimum atomic E-state index is 0.493. The van der Waals surface area contributed by atoms with E-state index in [-0.39, 0.29) is 0 Å². The van der Waals surface area contributed by atoms with Crippen molar-refractivity contribution in [3.8, 4) is 0 Å². The van der Waals surface area contributed by atoms with Crippen LogP contribution in [0.1, 0.15) is 58.3 Å². The van der Waals surface area contributed by atoms with Crippen LogP contribution < -0.4 is 0 Å². The van der Waals surface area contributed by atoms with E-state index in [0.29, 0.717) is 5.38 Å². The number of hydrogen-bond donors (Lipinski definition) is 0. The molecule has 0 atom stereocenters. The zero-order valence-corrected chi connectivity index (χ0v) is 8.95. The molecule has 0 aromatic heterocycles. The van der Waals surface area contributed by atoms with E-state index in [1.807, 2.05) is 0 Å². The lowest BCUT2D eigenvalue weighted by Crippen LogP contribution is -2.14. The summed E-state index contributed by atoms with van der Waals surface area (Å²) in [7, 11) is 0. The average Bonchev–Trinajstić information content (AvgIpc) is 2.09. The summed E-state index contributed by atoms with van der Waals surface area (Å²) in [5, 5.41) is 0.493. The highest BCUT2D eigenvalue weighted by molar-refractivity contribution is 6.20. The fraction of sp³-hybridized carbons (Fsp3) is 1.00. The Bertz CT molecular complexity index is 104. The lowest BCUT2D eigenvalue weighted by atomic mass is 9.85. The monoisotopic (exact) mass is 188 g/mol. The van der Waals surface area contributed by atoms with Gasteiger partial charge in [-0.15, -0.1) is 11.6 Å². The molecule has 12 heavy (non-hydrogen) atoms. The topological polar surface area (TPSA) is 0 Å². The Morgan fingerprint density at radius 1 is 1.08 bits per heavy atom. The number of unbranched alkanes of at least 4 members (excludes halogenated alkanes) is 2. The maximum atomic E-state index is 6.04. The number of rotatable bonds is 4. The Morgan fingerprint density at radius 2 is 1.75 bits per heavy atom. The smallest absolute Gasteiger partial charge is 0.0336 e. The second-order valence-corrected chi connectivity index (χ2v) is 4.73. The molecular weight excluding hydrogens is 168 g/mol. The van der Waals surface area contributed by atoms with Gasteiger partial charge in [0, 0.05) is 5.38 Å². The Kier molecular flexibility index (Phi) is 5.06. The molecule has 0 nitrogen and oxygen atoms in total. The third kappa shape index (κ3) is 3.80. The van der Waals surface area contributed by atoms with Crippen molar-refractivity contribution in [3.05, 3.63) is 0 Å². The summed E-state index contributed by atoms with van der Waals surface area (Å²) in [6, 6.07) is 0. The van der Waals surface area contributed by atoms with Crippen LogP contribution in [-0.4, -0.2) is 5.38 Å². The van der Waals surface area contributed by atoms with Crippen molar-refractivity contribution in [1.82, 2.24) is 0 Å². The molecular formula is C11H21Cl. The first kappa shape index (κ1) is 10.4. The van der Waals surface area contributed by atoms with Crippen molar-refractivity contribution < 1.29 is 0 Å². The minimum absolute atomic E-state index is 0.493. The number of halogens is 1. The van der Waals surface area contributed by atoms with Crippen LogP contribution in [0.2, 0.25) is 0 Å². The summed E-state index contributed by atoms with van der Waals surface area (Å²) in [5.74, 6) is 1.01. The van der Waals surface area contributed by atoms with E-state index in [2.05, 4.69) is 6.92 Å². The zero-order chi connectivity index (χ0) is 8.81. The first-order valence-electron chi connectivity index (χ1n) is 5.47. The first-order valence-corrected chi connectivity index (χ1v) is 5.90. The van der Waals surface area contributed by atoms with Crippen molar-refractivity contribution in [2.75, 3.05) is 0 Å². The lowest BCUT2D eigenvalue weighted by Gasteiger charge is -2.24. The van der Waals surface area contributed by atoms with Gasteiger partial charge in [0.15, 0.2) is 0 Å². The predicted octanol–water partition coefficient (Wildman–Crippen LogP) is 4.36. The minimum Gasteiger partial charge on any atom is -0.123 e. The van der Waals surface area contributed by atoms with Gasteiger partial charge in [-0.3, -0.25) is 0 Å². The van der Waals surface area contributed by atoms with Crippen molar-refractivity contribution in [1.29, 1.82) is 0 Å². The molecule has 0 amide bonds. The van der Waals surface area contributed by atoms with E-state index in [1.54, 1.807) is 0 Å². The Morgan fingerprint density at radius 3 is 2.33 bits per heavy atom. The van der Waals surface area contributed by atoms with Crippen molar-refractivity contribution in [3.63, 3.8) is 0 Å². The SMILES string of the molecule is CCCCCC1CCC(Cl)CC1. The highest BCUT2D eigenvalue weighted by Gasteiger charge is 2.18. The highest BCUT2D eigenvalue weighted by atomic mass is 35.5. The summed E-state index contributed by atoms with van der Waals surface area (Å²) >= 11 is 6.04. The summed E-state index contributed by atoms with van der Waals surface area (Å²) in [4.78, 5) is 0. The molecule has 0 saturated heterocycles. The van der Waals surface area contributed by atoms with E-state index < -0.39 is 0 Å². The molecule has 0 aliphatic heterocycles. The molecule has 0 unspecified atom stereocenters. The van der Waals surface area contributed by atoms with E-state index >= 15 is 0 Å². The molecule has 1 saturated carbocycles. The fourth-order valence-corrected chi connectivity index (χ4v) is 2.35. The van der Waals surface area contributed by atoms with E-state index in [9.17, 15) is 0 Å². The first-order chi connectivity index (χ1) is 5.83. The van der Waals surface area contributed by atoms with Crippen LogP contribution in [0.4, 0.5) is 0 Å². The van der Waals surface area contributed by atoms with Crippen LogP contribution in [0.3, 0.4) is 0 Å². The van der Waals surface area contributed by atoms with E-state index in [4.69, 9.17) is 11.6 Å². The van der Waals surface area contributed by atoms with Gasteiger partial charge in [0.05, 0.1) is 0 Å². The van der Waals surface area contributed by atoms with Crippen molar-refractivity contribution in [2.45, 2.75) is 63.7 Å². The van der Waals surface area contributed by atoms with E-state index in [1.165, 1.54) is 51.4 Å². The average molecular weight is 189 g/mol. The van der Waals surface area contributed by atoms with Gasteiger partial charge >= 0.3 is 0 Å². The molecule has 1 aliphatic rings. The molecule has 0 N–H and O–H groups in total. The predicted molar refractivity (Wildman–Crippen MR) is 55.7 cm³/mol. The normalized spacial score (nSPS) is 30.5. The van der Waals surface area contributed by atoms with Crippen LogP contribution in [0.25, 0.3) is 0 Å². The quantitative estimate of drug-likeness (QED) is 0.454. The Hall–Kier alpha value is 0.290. The summed E-state index contributed by atoms with van der Waals surface area (Å²) < 4.78 is 0. The van der Waals surface area contributed by atoms with Crippen LogP contribution >= 0.6 is 11.6 Å². The highest BCUT2D eigenvalue weighted by Crippen LogP contribution is 2.30. The van der Waals surface area contributed by atoms with Gasteiger partial charge in [-0.25, -0.2) is 0 Å². The molecule has 0 bridgehead atoms. The molecule has 0 radical (unpaired) electrons. The molecule has 1 fully saturated rings. The number of alkyl halides is 1. The Labute approximate surface area is 81.7 Å². The lowest BCUT2D eigenvalue weighted by molar-refractivity contribution is 0.333. The van der Waals surface area contributed by atoms with Gasteiger partial charge in [0.25, 0.3) is 0 Å². The van der Waals surface area contributed by atoms with Gasteiger partial charge in [0.1, 0.15) is 0 Å². The molecule has 0 aromatic rings.